The fourth-order valence-corrected chi connectivity index (χ4v) is 2.46. The second-order valence-electron chi connectivity index (χ2n) is 4.79. The third-order valence-corrected chi connectivity index (χ3v) is 3.48. The summed E-state index contributed by atoms with van der Waals surface area (Å²) >= 11 is 0. The van der Waals surface area contributed by atoms with E-state index in [2.05, 4.69) is 6.07 Å². The molecule has 0 radical (unpaired) electrons. The van der Waals surface area contributed by atoms with E-state index in [1.165, 1.54) is 12.1 Å². The van der Waals surface area contributed by atoms with Crippen LogP contribution in [-0.2, 0) is 6.54 Å². The van der Waals surface area contributed by atoms with Crippen molar-refractivity contribution in [2.45, 2.75) is 6.54 Å². The van der Waals surface area contributed by atoms with E-state index in [1.807, 2.05) is 22.9 Å². The van der Waals surface area contributed by atoms with Crippen molar-refractivity contribution < 1.29 is 9.13 Å². The molecule has 3 aromatic rings. The summed E-state index contributed by atoms with van der Waals surface area (Å²) in [6, 6.07) is 14.0. The Kier molecular flexibility index (Phi) is 3.33. The van der Waals surface area contributed by atoms with Crippen molar-refractivity contribution in [3.63, 3.8) is 0 Å². The number of fused-ring (bicyclic) bond motifs is 1. The lowest BCUT2D eigenvalue weighted by molar-refractivity contribution is 0.408. The first kappa shape index (κ1) is 13.2. The molecule has 0 atom stereocenters. The number of methoxy groups -OCH3 is 1. The van der Waals surface area contributed by atoms with Crippen molar-refractivity contribution in [3.8, 4) is 11.8 Å². The highest BCUT2D eigenvalue weighted by Crippen LogP contribution is 2.24. The van der Waals surface area contributed by atoms with Crippen LogP contribution >= 0.6 is 0 Å². The van der Waals surface area contributed by atoms with Crippen LogP contribution in [0, 0.1) is 17.1 Å². The van der Waals surface area contributed by atoms with Crippen LogP contribution < -0.4 is 4.74 Å². The summed E-state index contributed by atoms with van der Waals surface area (Å²) in [6.07, 6.45) is 1.91. The molecular formula is C17H13FN2O. The fraction of sp³-hybridized carbons (Fsp3) is 0.118. The summed E-state index contributed by atoms with van der Waals surface area (Å²) < 4.78 is 20.6. The number of hydrogen-bond acceptors (Lipinski definition) is 2. The van der Waals surface area contributed by atoms with Gasteiger partial charge < -0.3 is 9.30 Å². The molecule has 3 nitrogen and oxygen atoms in total. The first-order valence-electron chi connectivity index (χ1n) is 6.52. The zero-order valence-corrected chi connectivity index (χ0v) is 11.5. The number of nitrogens with zero attached hydrogens (tertiary/aromatic N) is 2. The molecule has 104 valence electrons. The molecule has 0 N–H and O–H groups in total. The molecule has 1 aromatic heterocycles. The van der Waals surface area contributed by atoms with E-state index < -0.39 is 0 Å². The van der Waals surface area contributed by atoms with Crippen LogP contribution in [0.5, 0.6) is 5.75 Å². The molecule has 1 heterocycles. The Labute approximate surface area is 121 Å². The number of ether oxygens (including phenoxy) is 1. The van der Waals surface area contributed by atoms with E-state index in [9.17, 15) is 4.39 Å². The van der Waals surface area contributed by atoms with Crippen molar-refractivity contribution in [1.29, 1.82) is 5.26 Å². The Morgan fingerprint density at radius 2 is 2.05 bits per heavy atom. The van der Waals surface area contributed by atoms with Crippen LogP contribution in [0.4, 0.5) is 4.39 Å². The van der Waals surface area contributed by atoms with Crippen LogP contribution in [-0.4, -0.2) is 11.7 Å². The molecule has 4 heteroatoms. The van der Waals surface area contributed by atoms with Gasteiger partial charge in [0.1, 0.15) is 11.6 Å². The molecule has 2 aromatic carbocycles. The van der Waals surface area contributed by atoms with Crippen molar-refractivity contribution in [2.75, 3.05) is 7.11 Å². The lowest BCUT2D eigenvalue weighted by Gasteiger charge is -2.11. The van der Waals surface area contributed by atoms with Gasteiger partial charge in [0, 0.05) is 22.7 Å². The lowest BCUT2D eigenvalue weighted by Crippen LogP contribution is -2.01. The Morgan fingerprint density at radius 3 is 2.81 bits per heavy atom. The van der Waals surface area contributed by atoms with Gasteiger partial charge in [0.2, 0.25) is 0 Å². The van der Waals surface area contributed by atoms with E-state index in [0.717, 1.165) is 22.2 Å². The van der Waals surface area contributed by atoms with Gasteiger partial charge in [0.15, 0.2) is 0 Å². The zero-order chi connectivity index (χ0) is 14.8. The highest BCUT2D eigenvalue weighted by Gasteiger charge is 2.08. The molecule has 0 aliphatic rings. The summed E-state index contributed by atoms with van der Waals surface area (Å²) in [6.45, 7) is 0.563. The van der Waals surface area contributed by atoms with Crippen molar-refractivity contribution in [1.82, 2.24) is 4.57 Å². The largest absolute Gasteiger partial charge is 0.496 e. The summed E-state index contributed by atoms with van der Waals surface area (Å²) in [5, 5.41) is 9.87. The molecule has 0 saturated heterocycles. The third kappa shape index (κ3) is 2.46. The monoisotopic (exact) mass is 280 g/mol. The Bertz CT molecular complexity index is 846. The molecule has 3 rings (SSSR count). The summed E-state index contributed by atoms with van der Waals surface area (Å²) in [4.78, 5) is 0. The number of nitriles is 1. The van der Waals surface area contributed by atoms with Gasteiger partial charge in [-0.1, -0.05) is 0 Å². The maximum absolute atomic E-state index is 13.2. The number of rotatable bonds is 3. The predicted molar refractivity (Wildman–Crippen MR) is 78.7 cm³/mol. The highest BCUT2D eigenvalue weighted by molar-refractivity contribution is 5.80. The van der Waals surface area contributed by atoms with E-state index in [1.54, 1.807) is 25.3 Å². The van der Waals surface area contributed by atoms with E-state index in [-0.39, 0.29) is 5.82 Å². The normalized spacial score (nSPS) is 10.5. The van der Waals surface area contributed by atoms with E-state index in [0.29, 0.717) is 12.1 Å². The standard InChI is InChI=1S/C17H13FN2O/c1-21-17-5-2-12(10-19)8-14(17)11-20-7-6-13-9-15(18)3-4-16(13)20/h2-9H,11H2,1H3. The minimum absolute atomic E-state index is 0.246. The van der Waals surface area contributed by atoms with Gasteiger partial charge in [-0.25, -0.2) is 4.39 Å². The van der Waals surface area contributed by atoms with Crippen molar-refractivity contribution >= 4 is 10.9 Å². The summed E-state index contributed by atoms with van der Waals surface area (Å²) in [5.41, 5.74) is 2.45. The molecule has 0 unspecified atom stereocenters. The first-order chi connectivity index (χ1) is 10.2. The predicted octanol–water partition coefficient (Wildman–Crippen LogP) is 3.71. The quantitative estimate of drug-likeness (QED) is 0.733. The van der Waals surface area contributed by atoms with Gasteiger partial charge in [-0.15, -0.1) is 0 Å². The van der Waals surface area contributed by atoms with Gasteiger partial charge in [0.05, 0.1) is 25.3 Å². The number of hydrogen-bond donors (Lipinski definition) is 0. The number of aromatic nitrogens is 1. The second-order valence-corrected chi connectivity index (χ2v) is 4.79. The highest BCUT2D eigenvalue weighted by atomic mass is 19.1. The van der Waals surface area contributed by atoms with Gasteiger partial charge in [0.25, 0.3) is 0 Å². The molecule has 0 amide bonds. The zero-order valence-electron chi connectivity index (χ0n) is 11.5. The SMILES string of the molecule is COc1ccc(C#N)cc1Cn1ccc2cc(F)ccc21. The molecule has 0 aliphatic carbocycles. The van der Waals surface area contributed by atoms with Crippen LogP contribution in [0.2, 0.25) is 0 Å². The van der Waals surface area contributed by atoms with Gasteiger partial charge in [-0.3, -0.25) is 0 Å². The summed E-state index contributed by atoms with van der Waals surface area (Å²) in [7, 11) is 1.61. The molecular weight excluding hydrogens is 267 g/mol. The Balaban J connectivity index is 2.04. The van der Waals surface area contributed by atoms with Gasteiger partial charge >= 0.3 is 0 Å². The Morgan fingerprint density at radius 1 is 1.19 bits per heavy atom. The van der Waals surface area contributed by atoms with Crippen molar-refractivity contribution in [3.05, 3.63) is 65.6 Å². The molecule has 0 spiro atoms. The fourth-order valence-electron chi connectivity index (χ4n) is 2.46. The molecule has 0 saturated carbocycles. The van der Waals surface area contributed by atoms with Gasteiger partial charge in [-0.05, 0) is 42.5 Å². The topological polar surface area (TPSA) is 37.9 Å². The average molecular weight is 280 g/mol. The maximum Gasteiger partial charge on any atom is 0.123 e. The minimum Gasteiger partial charge on any atom is -0.496 e. The third-order valence-electron chi connectivity index (χ3n) is 3.48. The second kappa shape index (κ2) is 5.29. The first-order valence-corrected chi connectivity index (χ1v) is 6.52. The van der Waals surface area contributed by atoms with Crippen molar-refractivity contribution in [2.24, 2.45) is 0 Å². The molecule has 0 aliphatic heterocycles. The van der Waals surface area contributed by atoms with Gasteiger partial charge in [-0.2, -0.15) is 5.26 Å². The van der Waals surface area contributed by atoms with Crippen LogP contribution in [0.1, 0.15) is 11.1 Å². The number of benzene rings is 2. The number of halogens is 1. The smallest absolute Gasteiger partial charge is 0.123 e. The van der Waals surface area contributed by atoms with Crippen LogP contribution in [0.25, 0.3) is 10.9 Å². The lowest BCUT2D eigenvalue weighted by atomic mass is 10.1. The molecule has 0 fully saturated rings. The Hall–Kier alpha value is -2.80. The molecule has 21 heavy (non-hydrogen) atoms. The average Bonchev–Trinajstić information content (AvgIpc) is 2.89. The van der Waals surface area contributed by atoms with E-state index >= 15 is 0 Å². The van der Waals surface area contributed by atoms with Crippen LogP contribution in [0.3, 0.4) is 0 Å². The van der Waals surface area contributed by atoms with E-state index in [4.69, 9.17) is 10.00 Å². The maximum atomic E-state index is 13.2. The van der Waals surface area contributed by atoms with Crippen LogP contribution in [0.15, 0.2) is 48.7 Å². The minimum atomic E-state index is -0.246. The molecule has 0 bridgehead atoms. The summed E-state index contributed by atoms with van der Waals surface area (Å²) in [5.74, 6) is 0.488.